The summed E-state index contributed by atoms with van der Waals surface area (Å²) in [5.41, 5.74) is 5.69. The predicted molar refractivity (Wildman–Crippen MR) is 78.1 cm³/mol. The third kappa shape index (κ3) is 3.93. The third-order valence-corrected chi connectivity index (χ3v) is 3.68. The van der Waals surface area contributed by atoms with Gasteiger partial charge in [0.2, 0.25) is 0 Å². The van der Waals surface area contributed by atoms with Crippen molar-refractivity contribution in [2.75, 3.05) is 31.9 Å². The molecule has 0 radical (unpaired) electrons. The van der Waals surface area contributed by atoms with Crippen LogP contribution in [0.5, 0.6) is 0 Å². The molecular weight excluding hydrogens is 257 g/mol. The maximum Gasteiger partial charge on any atom is 0.253 e. The summed E-state index contributed by atoms with van der Waals surface area (Å²) in [7, 11) is 0. The first-order valence-electron chi connectivity index (χ1n) is 7.23. The van der Waals surface area contributed by atoms with Crippen LogP contribution in [0.4, 0.5) is 10.1 Å². The van der Waals surface area contributed by atoms with Gasteiger partial charge in [-0.1, -0.05) is 12.5 Å². The first kappa shape index (κ1) is 14.8. The van der Waals surface area contributed by atoms with Gasteiger partial charge < -0.3 is 16.0 Å². The Hall–Kier alpha value is -1.62. The minimum absolute atomic E-state index is 0.0824. The highest BCUT2D eigenvalue weighted by atomic mass is 19.1. The second kappa shape index (κ2) is 7.24. The highest BCUT2D eigenvalue weighted by Gasteiger charge is 2.13. The van der Waals surface area contributed by atoms with Crippen LogP contribution in [0.1, 0.15) is 36.0 Å². The Bertz CT molecular complexity index is 458. The molecule has 0 spiro atoms. The molecule has 1 saturated heterocycles. The molecule has 0 saturated carbocycles. The standard InChI is InChI=1S/C15H22FN3O/c16-13-7-4-6-12(14(13)17)15(20)18-8-5-11-19-9-2-1-3-10-19/h4,6-7H,1-3,5,8-11,17H2,(H,18,20). The smallest absolute Gasteiger partial charge is 0.253 e. The molecule has 20 heavy (non-hydrogen) atoms. The van der Waals surface area contributed by atoms with Crippen LogP contribution in [-0.2, 0) is 0 Å². The van der Waals surface area contributed by atoms with E-state index < -0.39 is 5.82 Å². The SMILES string of the molecule is Nc1c(F)cccc1C(=O)NCCCN1CCCCC1. The molecule has 0 unspecified atom stereocenters. The lowest BCUT2D eigenvalue weighted by Gasteiger charge is -2.26. The van der Waals surface area contributed by atoms with Crippen LogP contribution in [0.2, 0.25) is 0 Å². The van der Waals surface area contributed by atoms with Crippen LogP contribution in [0.3, 0.4) is 0 Å². The maximum absolute atomic E-state index is 13.3. The maximum atomic E-state index is 13.3. The van der Waals surface area contributed by atoms with Gasteiger partial charge in [0.25, 0.3) is 5.91 Å². The van der Waals surface area contributed by atoms with Gasteiger partial charge in [0.05, 0.1) is 11.3 Å². The predicted octanol–water partition coefficient (Wildman–Crippen LogP) is 2.01. The molecule has 0 atom stereocenters. The molecule has 1 heterocycles. The van der Waals surface area contributed by atoms with E-state index in [9.17, 15) is 9.18 Å². The fraction of sp³-hybridized carbons (Fsp3) is 0.533. The van der Waals surface area contributed by atoms with Crippen LogP contribution < -0.4 is 11.1 Å². The van der Waals surface area contributed by atoms with E-state index in [1.54, 1.807) is 6.07 Å². The van der Waals surface area contributed by atoms with E-state index in [2.05, 4.69) is 10.2 Å². The van der Waals surface area contributed by atoms with Gasteiger partial charge in [-0.05, 0) is 51.0 Å². The van der Waals surface area contributed by atoms with Gasteiger partial charge in [0, 0.05) is 6.54 Å². The number of amides is 1. The van der Waals surface area contributed by atoms with Crippen molar-refractivity contribution < 1.29 is 9.18 Å². The zero-order valence-electron chi connectivity index (χ0n) is 11.7. The zero-order chi connectivity index (χ0) is 14.4. The number of nitrogen functional groups attached to an aromatic ring is 1. The first-order valence-corrected chi connectivity index (χ1v) is 7.23. The van der Waals surface area contributed by atoms with E-state index in [1.165, 1.54) is 31.4 Å². The average molecular weight is 279 g/mol. The van der Waals surface area contributed by atoms with E-state index in [1.807, 2.05) is 0 Å². The minimum atomic E-state index is -0.550. The largest absolute Gasteiger partial charge is 0.396 e. The van der Waals surface area contributed by atoms with Crippen molar-refractivity contribution in [1.82, 2.24) is 10.2 Å². The minimum Gasteiger partial charge on any atom is -0.396 e. The molecule has 1 aromatic carbocycles. The number of halogens is 1. The summed E-state index contributed by atoms with van der Waals surface area (Å²) in [6.45, 7) is 3.90. The Morgan fingerprint density at radius 2 is 2.05 bits per heavy atom. The molecule has 5 heteroatoms. The summed E-state index contributed by atoms with van der Waals surface area (Å²) in [4.78, 5) is 14.3. The van der Waals surface area contributed by atoms with Gasteiger partial charge in [0.15, 0.2) is 0 Å². The second-order valence-electron chi connectivity index (χ2n) is 5.21. The van der Waals surface area contributed by atoms with Crippen LogP contribution in [0.25, 0.3) is 0 Å². The van der Waals surface area contributed by atoms with E-state index in [4.69, 9.17) is 5.73 Å². The van der Waals surface area contributed by atoms with Gasteiger partial charge >= 0.3 is 0 Å². The highest BCUT2D eigenvalue weighted by molar-refractivity contribution is 5.99. The number of carbonyl (C=O) groups is 1. The van der Waals surface area contributed by atoms with Crippen molar-refractivity contribution in [2.45, 2.75) is 25.7 Å². The lowest BCUT2D eigenvalue weighted by Crippen LogP contribution is -2.33. The summed E-state index contributed by atoms with van der Waals surface area (Å²) in [5.74, 6) is -0.855. The third-order valence-electron chi connectivity index (χ3n) is 3.68. The van der Waals surface area contributed by atoms with E-state index in [-0.39, 0.29) is 17.2 Å². The van der Waals surface area contributed by atoms with E-state index in [0.717, 1.165) is 26.1 Å². The molecule has 2 rings (SSSR count). The molecule has 0 bridgehead atoms. The number of nitrogens with one attached hydrogen (secondary N) is 1. The molecule has 1 amide bonds. The number of nitrogens with two attached hydrogens (primary N) is 1. The molecule has 1 aliphatic heterocycles. The molecule has 1 fully saturated rings. The number of hydrogen-bond acceptors (Lipinski definition) is 3. The number of piperidine rings is 1. The van der Waals surface area contributed by atoms with E-state index in [0.29, 0.717) is 6.54 Å². The fourth-order valence-electron chi connectivity index (χ4n) is 2.52. The number of hydrogen-bond donors (Lipinski definition) is 2. The second-order valence-corrected chi connectivity index (χ2v) is 5.21. The molecule has 0 aromatic heterocycles. The van der Waals surface area contributed by atoms with Crippen molar-refractivity contribution in [1.29, 1.82) is 0 Å². The first-order chi connectivity index (χ1) is 9.68. The van der Waals surface area contributed by atoms with Gasteiger partial charge in [-0.25, -0.2) is 4.39 Å². The molecular formula is C15H22FN3O. The van der Waals surface area contributed by atoms with Crippen LogP contribution >= 0.6 is 0 Å². The fourth-order valence-corrected chi connectivity index (χ4v) is 2.52. The number of nitrogens with zero attached hydrogens (tertiary/aromatic N) is 1. The molecule has 1 aliphatic rings. The van der Waals surface area contributed by atoms with E-state index >= 15 is 0 Å². The number of rotatable bonds is 5. The average Bonchev–Trinajstić information content (AvgIpc) is 2.47. The summed E-state index contributed by atoms with van der Waals surface area (Å²) < 4.78 is 13.3. The quantitative estimate of drug-likeness (QED) is 0.640. The molecule has 0 aliphatic carbocycles. The topological polar surface area (TPSA) is 58.4 Å². The van der Waals surface area contributed by atoms with Crippen molar-refractivity contribution in [3.8, 4) is 0 Å². The van der Waals surface area contributed by atoms with Crippen molar-refractivity contribution in [3.05, 3.63) is 29.6 Å². The number of anilines is 1. The van der Waals surface area contributed by atoms with Gasteiger partial charge in [-0.15, -0.1) is 0 Å². The summed E-state index contributed by atoms with van der Waals surface area (Å²) in [5, 5.41) is 2.79. The Balaban J connectivity index is 1.73. The molecule has 4 nitrogen and oxygen atoms in total. The van der Waals surface area contributed by atoms with Crippen LogP contribution in [0, 0.1) is 5.82 Å². The van der Waals surface area contributed by atoms with Crippen molar-refractivity contribution >= 4 is 11.6 Å². The lowest BCUT2D eigenvalue weighted by atomic mass is 10.1. The Kier molecular flexibility index (Phi) is 5.35. The summed E-state index contributed by atoms with van der Waals surface area (Å²) >= 11 is 0. The zero-order valence-corrected chi connectivity index (χ0v) is 11.7. The highest BCUT2D eigenvalue weighted by Crippen LogP contribution is 2.15. The summed E-state index contributed by atoms with van der Waals surface area (Å²) in [6.07, 6.45) is 4.77. The Morgan fingerprint density at radius 1 is 1.30 bits per heavy atom. The van der Waals surface area contributed by atoms with Gasteiger partial charge in [-0.3, -0.25) is 4.79 Å². The van der Waals surface area contributed by atoms with Crippen molar-refractivity contribution in [2.24, 2.45) is 0 Å². The summed E-state index contributed by atoms with van der Waals surface area (Å²) in [6, 6.07) is 4.29. The van der Waals surface area contributed by atoms with Gasteiger partial charge in [0.1, 0.15) is 5.82 Å². The number of para-hydroxylation sites is 1. The van der Waals surface area contributed by atoms with Crippen LogP contribution in [0.15, 0.2) is 18.2 Å². The van der Waals surface area contributed by atoms with Crippen molar-refractivity contribution in [3.63, 3.8) is 0 Å². The molecule has 110 valence electrons. The monoisotopic (exact) mass is 279 g/mol. The van der Waals surface area contributed by atoms with Crippen LogP contribution in [-0.4, -0.2) is 37.0 Å². The number of likely N-dealkylation sites (tertiary alicyclic amines) is 1. The molecule has 1 aromatic rings. The lowest BCUT2D eigenvalue weighted by molar-refractivity contribution is 0.0951. The Morgan fingerprint density at radius 3 is 2.80 bits per heavy atom. The molecule has 3 N–H and O–H groups in total. The number of benzene rings is 1. The van der Waals surface area contributed by atoms with Gasteiger partial charge in [-0.2, -0.15) is 0 Å². The Labute approximate surface area is 119 Å². The normalized spacial score (nSPS) is 16.1. The number of carbonyl (C=O) groups excluding carboxylic acids is 1.